The van der Waals surface area contributed by atoms with E-state index in [2.05, 4.69) is 19.2 Å². The predicted molar refractivity (Wildman–Crippen MR) is 95.7 cm³/mol. The van der Waals surface area contributed by atoms with E-state index in [0.29, 0.717) is 29.3 Å². The summed E-state index contributed by atoms with van der Waals surface area (Å²) in [4.78, 5) is 21.8. The number of ether oxygens (including phenoxy) is 1. The fourth-order valence-electron chi connectivity index (χ4n) is 7.78. The summed E-state index contributed by atoms with van der Waals surface area (Å²) in [5, 5.41) is 3.14. The summed E-state index contributed by atoms with van der Waals surface area (Å²) in [7, 11) is 0. The lowest BCUT2D eigenvalue weighted by molar-refractivity contribution is -0.149. The molecule has 4 fully saturated rings. The standard InChI is InChI=1S/C21H33NO3/c1-20-9-7-15(25-13-24)11-14(20)3-4-16-17-5-6-19(22-12-23)21(17,2)10-8-18(16)20/h12-19H,3-11H2,1-2H3,(H,22,23)/t14-,15+,16-,17+,18-,19-,20-,21-/m0/s1. The van der Waals surface area contributed by atoms with E-state index >= 15 is 0 Å². The first-order chi connectivity index (χ1) is 12.0. The molecule has 4 saturated carbocycles. The molecule has 4 aliphatic rings. The fourth-order valence-corrected chi connectivity index (χ4v) is 7.78. The Bertz CT molecular complexity index is 537. The van der Waals surface area contributed by atoms with Gasteiger partial charge in [0.25, 0.3) is 6.47 Å². The van der Waals surface area contributed by atoms with Crippen LogP contribution in [0.1, 0.15) is 71.6 Å². The van der Waals surface area contributed by atoms with Crippen LogP contribution < -0.4 is 5.32 Å². The maximum atomic E-state index is 11.0. The highest BCUT2D eigenvalue weighted by molar-refractivity contribution is 5.47. The summed E-state index contributed by atoms with van der Waals surface area (Å²) >= 11 is 0. The minimum Gasteiger partial charge on any atom is -0.465 e. The molecule has 4 nitrogen and oxygen atoms in total. The molecule has 140 valence electrons. The first kappa shape index (κ1) is 17.4. The van der Waals surface area contributed by atoms with Gasteiger partial charge >= 0.3 is 0 Å². The van der Waals surface area contributed by atoms with Gasteiger partial charge in [-0.05, 0) is 92.3 Å². The molecule has 0 aliphatic heterocycles. The van der Waals surface area contributed by atoms with Gasteiger partial charge in [-0.3, -0.25) is 9.59 Å². The number of amides is 1. The predicted octanol–water partition coefficient (Wildman–Crippen LogP) is 3.69. The van der Waals surface area contributed by atoms with Crippen molar-refractivity contribution >= 4 is 12.9 Å². The van der Waals surface area contributed by atoms with Crippen LogP contribution in [0.25, 0.3) is 0 Å². The van der Waals surface area contributed by atoms with Crippen molar-refractivity contribution < 1.29 is 14.3 Å². The Hall–Kier alpha value is -1.06. The second-order valence-electron chi connectivity index (χ2n) is 9.74. The molecule has 0 radical (unpaired) electrons. The molecule has 0 aromatic heterocycles. The van der Waals surface area contributed by atoms with Gasteiger partial charge in [0.1, 0.15) is 6.10 Å². The highest BCUT2D eigenvalue weighted by atomic mass is 16.5. The van der Waals surface area contributed by atoms with Crippen LogP contribution in [0, 0.1) is 34.5 Å². The molecular weight excluding hydrogens is 314 g/mol. The maximum absolute atomic E-state index is 11.0. The second-order valence-corrected chi connectivity index (χ2v) is 9.74. The van der Waals surface area contributed by atoms with Gasteiger partial charge in [-0.2, -0.15) is 0 Å². The Morgan fingerprint density at radius 2 is 1.68 bits per heavy atom. The summed E-state index contributed by atoms with van der Waals surface area (Å²) < 4.78 is 5.32. The van der Waals surface area contributed by atoms with Crippen LogP contribution in [0.3, 0.4) is 0 Å². The van der Waals surface area contributed by atoms with E-state index in [1.54, 1.807) is 0 Å². The minimum atomic E-state index is 0.147. The van der Waals surface area contributed by atoms with Crippen LogP contribution >= 0.6 is 0 Å². The van der Waals surface area contributed by atoms with Gasteiger partial charge in [0.15, 0.2) is 0 Å². The molecule has 8 atom stereocenters. The molecule has 0 saturated heterocycles. The second kappa shape index (κ2) is 6.28. The smallest absolute Gasteiger partial charge is 0.293 e. The number of nitrogens with one attached hydrogen (secondary N) is 1. The van der Waals surface area contributed by atoms with Gasteiger partial charge in [-0.15, -0.1) is 0 Å². The lowest BCUT2D eigenvalue weighted by Crippen LogP contribution is -2.55. The van der Waals surface area contributed by atoms with Crippen molar-refractivity contribution in [2.75, 3.05) is 0 Å². The fraction of sp³-hybridized carbons (Fsp3) is 0.905. The number of carbonyl (C=O) groups is 2. The highest BCUT2D eigenvalue weighted by Gasteiger charge is 2.60. The molecule has 0 aromatic carbocycles. The number of fused-ring (bicyclic) bond motifs is 5. The Labute approximate surface area is 151 Å². The van der Waals surface area contributed by atoms with E-state index in [-0.39, 0.29) is 6.10 Å². The quantitative estimate of drug-likeness (QED) is 0.789. The van der Waals surface area contributed by atoms with Crippen molar-refractivity contribution in [2.24, 2.45) is 34.5 Å². The molecular formula is C21H33NO3. The third-order valence-corrected chi connectivity index (χ3v) is 9.13. The molecule has 4 rings (SSSR count). The van der Waals surface area contributed by atoms with Crippen LogP contribution in [-0.2, 0) is 14.3 Å². The van der Waals surface area contributed by atoms with E-state index < -0.39 is 0 Å². The molecule has 4 heteroatoms. The summed E-state index contributed by atoms with van der Waals surface area (Å²) in [6.45, 7) is 5.61. The van der Waals surface area contributed by atoms with E-state index in [4.69, 9.17) is 4.74 Å². The summed E-state index contributed by atoms with van der Waals surface area (Å²) in [6, 6.07) is 0.373. The van der Waals surface area contributed by atoms with Gasteiger partial charge in [-0.25, -0.2) is 0 Å². The van der Waals surface area contributed by atoms with Crippen LogP contribution in [0.4, 0.5) is 0 Å². The van der Waals surface area contributed by atoms with Crippen LogP contribution in [0.2, 0.25) is 0 Å². The molecule has 1 amide bonds. The topological polar surface area (TPSA) is 55.4 Å². The zero-order valence-electron chi connectivity index (χ0n) is 15.7. The minimum absolute atomic E-state index is 0.147. The Morgan fingerprint density at radius 1 is 0.920 bits per heavy atom. The van der Waals surface area contributed by atoms with Crippen LogP contribution in [0.5, 0.6) is 0 Å². The number of carbonyl (C=O) groups excluding carboxylic acids is 2. The van der Waals surface area contributed by atoms with Crippen molar-refractivity contribution in [3.8, 4) is 0 Å². The Kier molecular flexibility index (Phi) is 4.36. The Morgan fingerprint density at radius 3 is 2.44 bits per heavy atom. The number of hydrogen-bond donors (Lipinski definition) is 1. The molecule has 4 aliphatic carbocycles. The van der Waals surface area contributed by atoms with Gasteiger partial charge in [-0.1, -0.05) is 13.8 Å². The van der Waals surface area contributed by atoms with Crippen LogP contribution in [0.15, 0.2) is 0 Å². The molecule has 0 spiro atoms. The van der Waals surface area contributed by atoms with E-state index in [0.717, 1.165) is 43.4 Å². The van der Waals surface area contributed by atoms with Crippen molar-refractivity contribution in [3.63, 3.8) is 0 Å². The van der Waals surface area contributed by atoms with E-state index in [1.165, 1.54) is 38.5 Å². The average Bonchev–Trinajstić information content (AvgIpc) is 2.93. The SMILES string of the molecule is C[C@]12CC[C@@H](OC=O)C[C@@H]1CC[C@H]1[C@H]3CC[C@H](NC=O)[C@@]3(C)CC[C@@H]12. The van der Waals surface area contributed by atoms with Crippen LogP contribution in [-0.4, -0.2) is 25.0 Å². The monoisotopic (exact) mass is 347 g/mol. The Balaban J connectivity index is 1.54. The molecule has 0 bridgehead atoms. The third-order valence-electron chi connectivity index (χ3n) is 9.13. The largest absolute Gasteiger partial charge is 0.465 e. The summed E-state index contributed by atoms with van der Waals surface area (Å²) in [6.07, 6.45) is 12.0. The van der Waals surface area contributed by atoms with Gasteiger partial charge < -0.3 is 10.1 Å². The van der Waals surface area contributed by atoms with Gasteiger partial charge in [0, 0.05) is 6.04 Å². The van der Waals surface area contributed by atoms with Crippen molar-refractivity contribution in [1.82, 2.24) is 5.32 Å². The van der Waals surface area contributed by atoms with Crippen molar-refractivity contribution in [1.29, 1.82) is 0 Å². The number of hydrogen-bond acceptors (Lipinski definition) is 3. The van der Waals surface area contributed by atoms with Gasteiger partial charge in [0.2, 0.25) is 6.41 Å². The van der Waals surface area contributed by atoms with Gasteiger partial charge in [0.05, 0.1) is 0 Å². The average molecular weight is 347 g/mol. The maximum Gasteiger partial charge on any atom is 0.293 e. The first-order valence-corrected chi connectivity index (χ1v) is 10.3. The summed E-state index contributed by atoms with van der Waals surface area (Å²) in [5.74, 6) is 3.12. The molecule has 25 heavy (non-hydrogen) atoms. The normalized spacial score (nSPS) is 51.6. The van der Waals surface area contributed by atoms with Crippen molar-refractivity contribution in [3.05, 3.63) is 0 Å². The van der Waals surface area contributed by atoms with E-state index in [9.17, 15) is 9.59 Å². The molecule has 1 N–H and O–H groups in total. The molecule has 0 heterocycles. The number of rotatable bonds is 4. The van der Waals surface area contributed by atoms with E-state index in [1.807, 2.05) is 0 Å². The first-order valence-electron chi connectivity index (χ1n) is 10.3. The molecule has 0 aromatic rings. The zero-order valence-corrected chi connectivity index (χ0v) is 15.7. The third kappa shape index (κ3) is 2.54. The summed E-state index contributed by atoms with van der Waals surface area (Å²) in [5.41, 5.74) is 0.715. The lowest BCUT2D eigenvalue weighted by Gasteiger charge is -2.61. The molecule has 0 unspecified atom stereocenters. The zero-order chi connectivity index (χ0) is 17.7. The van der Waals surface area contributed by atoms with Crippen molar-refractivity contribution in [2.45, 2.75) is 83.8 Å². The highest BCUT2D eigenvalue weighted by Crippen LogP contribution is 2.66. The lowest BCUT2D eigenvalue weighted by atomic mass is 9.45.